The Kier molecular flexibility index (Phi) is 4.73. The normalized spacial score (nSPS) is 18.7. The molecule has 0 bridgehead atoms. The van der Waals surface area contributed by atoms with E-state index in [1.807, 2.05) is 0 Å². The van der Waals surface area contributed by atoms with Gasteiger partial charge in [-0.3, -0.25) is 4.79 Å². The molecule has 1 aliphatic heterocycles. The third kappa shape index (κ3) is 3.30. The number of carbonyl (C=O) groups excluding carboxylic acids is 1. The zero-order valence-electron chi connectivity index (χ0n) is 10.9. The molecule has 1 aromatic heterocycles. The summed E-state index contributed by atoms with van der Waals surface area (Å²) in [5.41, 5.74) is -0.347. The average Bonchev–Trinajstić information content (AvgIpc) is 2.45. The number of rotatable bonds is 2. The van der Waals surface area contributed by atoms with E-state index in [0.717, 1.165) is 11.0 Å². The van der Waals surface area contributed by atoms with Gasteiger partial charge in [0.2, 0.25) is 0 Å². The van der Waals surface area contributed by atoms with Crippen molar-refractivity contribution in [3.05, 3.63) is 28.2 Å². The smallest absolute Gasteiger partial charge is 0.407 e. The predicted molar refractivity (Wildman–Crippen MR) is 73.4 cm³/mol. The van der Waals surface area contributed by atoms with Gasteiger partial charge in [0.25, 0.3) is 5.91 Å². The highest BCUT2D eigenvalue weighted by Gasteiger charge is 2.34. The van der Waals surface area contributed by atoms with Gasteiger partial charge in [0.05, 0.1) is 12.6 Å². The van der Waals surface area contributed by atoms with Gasteiger partial charge in [-0.2, -0.15) is 0 Å². The topological polar surface area (TPSA) is 94.0 Å². The highest BCUT2D eigenvalue weighted by atomic mass is 79.9. The Hall–Kier alpha value is -1.74. The van der Waals surface area contributed by atoms with E-state index in [1.165, 1.54) is 11.1 Å². The van der Waals surface area contributed by atoms with Gasteiger partial charge < -0.3 is 20.0 Å². The van der Waals surface area contributed by atoms with Crippen molar-refractivity contribution in [2.75, 3.05) is 26.2 Å². The van der Waals surface area contributed by atoms with E-state index in [9.17, 15) is 19.1 Å². The number of aromatic nitrogens is 1. The maximum atomic E-state index is 13.8. The van der Waals surface area contributed by atoms with Gasteiger partial charge in [-0.1, -0.05) is 0 Å². The zero-order chi connectivity index (χ0) is 15.6. The van der Waals surface area contributed by atoms with Crippen LogP contribution in [0.15, 0.2) is 16.7 Å². The maximum absolute atomic E-state index is 13.8. The molecule has 0 unspecified atom stereocenters. The van der Waals surface area contributed by atoms with Crippen molar-refractivity contribution in [3.63, 3.8) is 0 Å². The van der Waals surface area contributed by atoms with Crippen LogP contribution in [0.3, 0.4) is 0 Å². The number of aliphatic hydroxyl groups excluding tert-OH is 1. The maximum Gasteiger partial charge on any atom is 0.407 e. The molecule has 1 fully saturated rings. The lowest BCUT2D eigenvalue weighted by Gasteiger charge is -2.39. The quantitative estimate of drug-likeness (QED) is 0.811. The molecular formula is C12H13BrFN3O4. The van der Waals surface area contributed by atoms with Crippen molar-refractivity contribution >= 4 is 27.9 Å². The summed E-state index contributed by atoms with van der Waals surface area (Å²) in [6, 6.07) is 0.411. The minimum Gasteiger partial charge on any atom is -0.465 e. The number of piperazine rings is 1. The Balaban J connectivity index is 2.20. The number of pyridine rings is 1. The highest BCUT2D eigenvalue weighted by Crippen LogP contribution is 2.17. The van der Waals surface area contributed by atoms with Gasteiger partial charge in [-0.25, -0.2) is 14.2 Å². The number of carbonyl (C=O) groups is 2. The standard InChI is InChI=1S/C12H13BrFN3O4/c13-7-3-9(14)10(15-4-7)11(19)17-2-1-16(12(20)21)5-8(17)6-18/h3-4,8,18H,1-2,5-6H2,(H,20,21)/t8-/m1/s1. The summed E-state index contributed by atoms with van der Waals surface area (Å²) in [5, 5.41) is 18.3. The van der Waals surface area contributed by atoms with Crippen molar-refractivity contribution in [1.29, 1.82) is 0 Å². The summed E-state index contributed by atoms with van der Waals surface area (Å²) >= 11 is 3.05. The summed E-state index contributed by atoms with van der Waals surface area (Å²) in [7, 11) is 0. The second kappa shape index (κ2) is 6.35. The Bertz CT molecular complexity index is 571. The largest absolute Gasteiger partial charge is 0.465 e. The Morgan fingerprint density at radius 3 is 2.76 bits per heavy atom. The molecular weight excluding hydrogens is 349 g/mol. The average molecular weight is 362 g/mol. The molecule has 1 atom stereocenters. The summed E-state index contributed by atoms with van der Waals surface area (Å²) in [6.45, 7) is -0.243. The van der Waals surface area contributed by atoms with E-state index in [1.54, 1.807) is 0 Å². The first-order chi connectivity index (χ1) is 9.93. The van der Waals surface area contributed by atoms with Crippen LogP contribution in [0.1, 0.15) is 10.5 Å². The van der Waals surface area contributed by atoms with Gasteiger partial charge in [0.1, 0.15) is 0 Å². The number of hydrogen-bond acceptors (Lipinski definition) is 4. The molecule has 2 heterocycles. The van der Waals surface area contributed by atoms with Gasteiger partial charge in [0, 0.05) is 30.3 Å². The van der Waals surface area contributed by atoms with Crippen LogP contribution in [0.25, 0.3) is 0 Å². The van der Waals surface area contributed by atoms with Crippen LogP contribution >= 0.6 is 15.9 Å². The molecule has 2 N–H and O–H groups in total. The van der Waals surface area contributed by atoms with Gasteiger partial charge in [0.15, 0.2) is 11.5 Å². The lowest BCUT2D eigenvalue weighted by atomic mass is 10.1. The first-order valence-corrected chi connectivity index (χ1v) is 6.94. The van der Waals surface area contributed by atoms with Crippen molar-refractivity contribution in [3.8, 4) is 0 Å². The summed E-state index contributed by atoms with van der Waals surface area (Å²) in [4.78, 5) is 29.3. The fourth-order valence-electron chi connectivity index (χ4n) is 2.16. The third-order valence-corrected chi connectivity index (χ3v) is 3.67. The van der Waals surface area contributed by atoms with Crippen LogP contribution in [0, 0.1) is 5.82 Å². The van der Waals surface area contributed by atoms with E-state index < -0.39 is 30.5 Å². The molecule has 2 rings (SSSR count). The Labute approximate surface area is 128 Å². The molecule has 1 saturated heterocycles. The van der Waals surface area contributed by atoms with Crippen LogP contribution in [-0.2, 0) is 0 Å². The molecule has 0 aromatic carbocycles. The van der Waals surface area contributed by atoms with E-state index in [4.69, 9.17) is 5.11 Å². The fraction of sp³-hybridized carbons (Fsp3) is 0.417. The molecule has 2 amide bonds. The zero-order valence-corrected chi connectivity index (χ0v) is 12.5. The van der Waals surface area contributed by atoms with Crippen molar-refractivity contribution in [2.45, 2.75) is 6.04 Å². The van der Waals surface area contributed by atoms with Crippen LogP contribution in [0.5, 0.6) is 0 Å². The minimum atomic E-state index is -1.12. The van der Waals surface area contributed by atoms with E-state index >= 15 is 0 Å². The first kappa shape index (κ1) is 15.6. The second-order valence-electron chi connectivity index (χ2n) is 4.55. The van der Waals surface area contributed by atoms with Gasteiger partial charge in [-0.05, 0) is 22.0 Å². The number of carboxylic acid groups (broad SMARTS) is 1. The van der Waals surface area contributed by atoms with Crippen LogP contribution in [0.2, 0.25) is 0 Å². The number of hydrogen-bond donors (Lipinski definition) is 2. The van der Waals surface area contributed by atoms with Crippen LogP contribution in [0.4, 0.5) is 9.18 Å². The lowest BCUT2D eigenvalue weighted by Crippen LogP contribution is -2.57. The molecule has 0 saturated carbocycles. The molecule has 1 aliphatic rings. The summed E-state index contributed by atoms with van der Waals surface area (Å²) in [6.07, 6.45) is 0.186. The lowest BCUT2D eigenvalue weighted by molar-refractivity contribution is 0.0302. The minimum absolute atomic E-state index is 0.0181. The Morgan fingerprint density at radius 2 is 2.19 bits per heavy atom. The summed E-state index contributed by atoms with van der Waals surface area (Å²) in [5.74, 6) is -1.43. The number of aliphatic hydroxyl groups is 1. The monoisotopic (exact) mass is 361 g/mol. The second-order valence-corrected chi connectivity index (χ2v) is 5.46. The highest BCUT2D eigenvalue weighted by molar-refractivity contribution is 9.10. The van der Waals surface area contributed by atoms with Crippen molar-refractivity contribution in [2.24, 2.45) is 0 Å². The number of halogens is 2. The van der Waals surface area contributed by atoms with Crippen molar-refractivity contribution in [1.82, 2.24) is 14.8 Å². The predicted octanol–water partition coefficient (Wildman–Crippen LogP) is 0.780. The third-order valence-electron chi connectivity index (χ3n) is 3.24. The van der Waals surface area contributed by atoms with E-state index in [0.29, 0.717) is 4.47 Å². The fourth-order valence-corrected chi connectivity index (χ4v) is 2.46. The van der Waals surface area contributed by atoms with E-state index in [2.05, 4.69) is 20.9 Å². The molecule has 1 aromatic rings. The Morgan fingerprint density at radius 1 is 1.48 bits per heavy atom. The van der Waals surface area contributed by atoms with E-state index in [-0.39, 0.29) is 25.3 Å². The molecule has 0 spiro atoms. The molecule has 0 aliphatic carbocycles. The van der Waals surface area contributed by atoms with Crippen LogP contribution in [-0.4, -0.2) is 69.3 Å². The van der Waals surface area contributed by atoms with Crippen LogP contribution < -0.4 is 0 Å². The summed E-state index contributed by atoms with van der Waals surface area (Å²) < 4.78 is 14.2. The first-order valence-electron chi connectivity index (χ1n) is 6.14. The number of nitrogens with zero attached hydrogens (tertiary/aromatic N) is 3. The molecule has 21 heavy (non-hydrogen) atoms. The van der Waals surface area contributed by atoms with Gasteiger partial charge in [-0.15, -0.1) is 0 Å². The molecule has 9 heteroatoms. The molecule has 114 valence electrons. The number of amides is 2. The molecule has 7 nitrogen and oxygen atoms in total. The SMILES string of the molecule is O=C(O)N1CCN(C(=O)c2ncc(Br)cc2F)[C@@H](CO)C1. The molecule has 0 radical (unpaired) electrons. The van der Waals surface area contributed by atoms with Crippen molar-refractivity contribution < 1.29 is 24.2 Å². The van der Waals surface area contributed by atoms with Gasteiger partial charge >= 0.3 is 6.09 Å².